The van der Waals surface area contributed by atoms with Gasteiger partial charge in [-0.1, -0.05) is 31.2 Å². The predicted molar refractivity (Wildman–Crippen MR) is 93.9 cm³/mol. The van der Waals surface area contributed by atoms with E-state index >= 15 is 0 Å². The Balaban J connectivity index is 1.71. The Morgan fingerprint density at radius 3 is 2.54 bits per heavy atom. The zero-order valence-electron chi connectivity index (χ0n) is 13.8. The van der Waals surface area contributed by atoms with Gasteiger partial charge in [0, 0.05) is 13.1 Å². The fraction of sp³-hybridized carbons (Fsp3) is 0.300. The highest BCUT2D eigenvalue weighted by atomic mass is 19.1. The average molecular weight is 324 g/mol. The highest BCUT2D eigenvalue weighted by Gasteiger charge is 2.22. The number of carbonyl (C=O) groups excluding carboxylic acids is 1. The van der Waals surface area contributed by atoms with E-state index in [1.807, 2.05) is 29.2 Å². The minimum absolute atomic E-state index is 0.000989. The molecule has 1 aliphatic heterocycles. The maximum atomic E-state index is 12.9. The Hall–Kier alpha value is -2.49. The molecule has 2 heterocycles. The van der Waals surface area contributed by atoms with Crippen LogP contribution in [0.1, 0.15) is 41.5 Å². The summed E-state index contributed by atoms with van der Waals surface area (Å²) in [5, 5.41) is 0. The van der Waals surface area contributed by atoms with Crippen molar-refractivity contribution in [2.75, 3.05) is 13.1 Å². The van der Waals surface area contributed by atoms with Crippen LogP contribution in [0.25, 0.3) is 12.2 Å². The number of pyridine rings is 1. The lowest BCUT2D eigenvalue weighted by Crippen LogP contribution is -2.38. The second kappa shape index (κ2) is 7.39. The molecule has 0 radical (unpaired) electrons. The molecule has 1 amide bonds. The summed E-state index contributed by atoms with van der Waals surface area (Å²) in [6.45, 7) is 3.83. The molecule has 0 unspecified atom stereocenters. The van der Waals surface area contributed by atoms with Crippen LogP contribution in [0.5, 0.6) is 0 Å². The van der Waals surface area contributed by atoms with Gasteiger partial charge in [-0.3, -0.25) is 4.79 Å². The van der Waals surface area contributed by atoms with Crippen molar-refractivity contribution in [3.05, 3.63) is 65.2 Å². The molecule has 0 aliphatic carbocycles. The Bertz CT molecular complexity index is 732. The Morgan fingerprint density at radius 2 is 1.83 bits per heavy atom. The molecule has 1 aromatic heterocycles. The zero-order chi connectivity index (χ0) is 16.9. The van der Waals surface area contributed by atoms with E-state index in [9.17, 15) is 9.18 Å². The van der Waals surface area contributed by atoms with Crippen LogP contribution in [0.2, 0.25) is 0 Å². The van der Waals surface area contributed by atoms with Gasteiger partial charge >= 0.3 is 0 Å². The van der Waals surface area contributed by atoms with Gasteiger partial charge in [-0.25, -0.2) is 9.37 Å². The van der Waals surface area contributed by atoms with E-state index in [2.05, 4.69) is 11.9 Å². The summed E-state index contributed by atoms with van der Waals surface area (Å²) in [5.41, 5.74) is 2.08. The molecule has 3 rings (SSSR count). The van der Waals surface area contributed by atoms with Gasteiger partial charge in [0.05, 0.1) is 5.69 Å². The van der Waals surface area contributed by atoms with Crippen molar-refractivity contribution in [2.45, 2.75) is 19.8 Å². The highest BCUT2D eigenvalue weighted by Crippen LogP contribution is 2.18. The largest absolute Gasteiger partial charge is 0.337 e. The van der Waals surface area contributed by atoms with Gasteiger partial charge in [-0.05, 0) is 54.7 Å². The third-order valence-corrected chi connectivity index (χ3v) is 4.38. The summed E-state index contributed by atoms with van der Waals surface area (Å²) < 4.78 is 12.9. The van der Waals surface area contributed by atoms with Gasteiger partial charge in [0.1, 0.15) is 11.5 Å². The normalized spacial score (nSPS) is 15.8. The number of nitrogens with zero attached hydrogens (tertiary/aromatic N) is 2. The smallest absolute Gasteiger partial charge is 0.272 e. The van der Waals surface area contributed by atoms with Crippen LogP contribution in [-0.4, -0.2) is 28.9 Å². The van der Waals surface area contributed by atoms with E-state index in [0.717, 1.165) is 37.2 Å². The van der Waals surface area contributed by atoms with Crippen molar-refractivity contribution in [2.24, 2.45) is 5.92 Å². The quantitative estimate of drug-likeness (QED) is 0.845. The van der Waals surface area contributed by atoms with Crippen molar-refractivity contribution in [1.82, 2.24) is 9.88 Å². The van der Waals surface area contributed by atoms with E-state index in [0.29, 0.717) is 11.6 Å². The molecule has 24 heavy (non-hydrogen) atoms. The SMILES string of the molecule is CC1CCN(C(=O)c2cccc(/C=C/c3ccc(F)cc3)n2)CC1. The molecular formula is C20H21FN2O. The van der Waals surface area contributed by atoms with Crippen LogP contribution in [0, 0.1) is 11.7 Å². The Kier molecular flexibility index (Phi) is 5.04. The first-order chi connectivity index (χ1) is 11.6. The van der Waals surface area contributed by atoms with Crippen molar-refractivity contribution in [1.29, 1.82) is 0 Å². The first-order valence-electron chi connectivity index (χ1n) is 8.32. The van der Waals surface area contributed by atoms with Crippen LogP contribution < -0.4 is 0 Å². The lowest BCUT2D eigenvalue weighted by Gasteiger charge is -2.30. The summed E-state index contributed by atoms with van der Waals surface area (Å²) in [4.78, 5) is 18.9. The molecule has 0 saturated carbocycles. The number of hydrogen-bond donors (Lipinski definition) is 0. The van der Waals surface area contributed by atoms with E-state index in [4.69, 9.17) is 0 Å². The van der Waals surface area contributed by atoms with Gasteiger partial charge in [0.2, 0.25) is 0 Å². The zero-order valence-corrected chi connectivity index (χ0v) is 13.8. The van der Waals surface area contributed by atoms with Crippen LogP contribution in [0.4, 0.5) is 4.39 Å². The van der Waals surface area contributed by atoms with E-state index in [1.165, 1.54) is 12.1 Å². The molecule has 1 aliphatic rings. The van der Waals surface area contributed by atoms with Crippen LogP contribution in [0.15, 0.2) is 42.5 Å². The van der Waals surface area contributed by atoms with Gasteiger partial charge < -0.3 is 4.90 Å². The number of carbonyl (C=O) groups is 1. The van der Waals surface area contributed by atoms with E-state index < -0.39 is 0 Å². The first kappa shape index (κ1) is 16.4. The molecule has 124 valence electrons. The molecular weight excluding hydrogens is 303 g/mol. The molecule has 4 heteroatoms. The lowest BCUT2D eigenvalue weighted by atomic mass is 9.99. The molecule has 2 aromatic rings. The Labute approximate surface area is 141 Å². The number of piperidine rings is 1. The standard InChI is InChI=1S/C20H21FN2O/c1-15-11-13-23(14-12-15)20(24)19-4-2-3-18(22-19)10-7-16-5-8-17(21)9-6-16/h2-10,15H,11-14H2,1H3/b10-7+. The third kappa shape index (κ3) is 4.07. The number of aromatic nitrogens is 1. The molecule has 0 spiro atoms. The van der Waals surface area contributed by atoms with Crippen LogP contribution >= 0.6 is 0 Å². The van der Waals surface area contributed by atoms with Crippen molar-refractivity contribution >= 4 is 18.1 Å². The fourth-order valence-corrected chi connectivity index (χ4v) is 2.79. The van der Waals surface area contributed by atoms with Crippen molar-refractivity contribution < 1.29 is 9.18 Å². The topological polar surface area (TPSA) is 33.2 Å². The Morgan fingerprint density at radius 1 is 1.12 bits per heavy atom. The van der Waals surface area contributed by atoms with E-state index in [-0.39, 0.29) is 11.7 Å². The maximum Gasteiger partial charge on any atom is 0.272 e. The predicted octanol–water partition coefficient (Wildman–Crippen LogP) is 4.26. The first-order valence-corrected chi connectivity index (χ1v) is 8.32. The number of benzene rings is 1. The maximum absolute atomic E-state index is 12.9. The molecule has 1 fully saturated rings. The molecule has 1 aromatic carbocycles. The average Bonchev–Trinajstić information content (AvgIpc) is 2.61. The molecule has 0 N–H and O–H groups in total. The van der Waals surface area contributed by atoms with Gasteiger partial charge in [0.25, 0.3) is 5.91 Å². The minimum Gasteiger partial charge on any atom is -0.337 e. The summed E-state index contributed by atoms with van der Waals surface area (Å²) in [6.07, 6.45) is 5.80. The van der Waals surface area contributed by atoms with E-state index in [1.54, 1.807) is 18.2 Å². The highest BCUT2D eigenvalue weighted by molar-refractivity contribution is 5.92. The number of amides is 1. The van der Waals surface area contributed by atoms with Crippen LogP contribution in [0.3, 0.4) is 0 Å². The molecule has 0 bridgehead atoms. The van der Waals surface area contributed by atoms with Gasteiger partial charge in [-0.2, -0.15) is 0 Å². The molecule has 3 nitrogen and oxygen atoms in total. The van der Waals surface area contributed by atoms with Crippen LogP contribution in [-0.2, 0) is 0 Å². The summed E-state index contributed by atoms with van der Waals surface area (Å²) in [7, 11) is 0. The number of likely N-dealkylation sites (tertiary alicyclic amines) is 1. The fourth-order valence-electron chi connectivity index (χ4n) is 2.79. The number of rotatable bonds is 3. The second-order valence-electron chi connectivity index (χ2n) is 6.31. The number of halogens is 1. The van der Waals surface area contributed by atoms with Crippen molar-refractivity contribution in [3.63, 3.8) is 0 Å². The summed E-state index contributed by atoms with van der Waals surface area (Å²) in [6, 6.07) is 11.7. The van der Waals surface area contributed by atoms with Crippen molar-refractivity contribution in [3.8, 4) is 0 Å². The van der Waals surface area contributed by atoms with Gasteiger partial charge in [0.15, 0.2) is 0 Å². The molecule has 1 saturated heterocycles. The number of hydrogen-bond acceptors (Lipinski definition) is 2. The summed E-state index contributed by atoms with van der Waals surface area (Å²) >= 11 is 0. The third-order valence-electron chi connectivity index (χ3n) is 4.38. The second-order valence-corrected chi connectivity index (χ2v) is 6.31. The summed E-state index contributed by atoms with van der Waals surface area (Å²) in [5.74, 6) is 0.430. The van der Waals surface area contributed by atoms with Gasteiger partial charge in [-0.15, -0.1) is 0 Å². The molecule has 0 atom stereocenters. The minimum atomic E-state index is -0.256. The monoisotopic (exact) mass is 324 g/mol. The lowest BCUT2D eigenvalue weighted by molar-refractivity contribution is 0.0691.